The summed E-state index contributed by atoms with van der Waals surface area (Å²) in [5, 5.41) is 15.8. The Morgan fingerprint density at radius 1 is 1.35 bits per heavy atom. The Labute approximate surface area is 138 Å². The Kier molecular flexibility index (Phi) is 5.44. The second-order valence-corrected chi connectivity index (χ2v) is 6.20. The van der Waals surface area contributed by atoms with Crippen molar-refractivity contribution in [3.8, 4) is 0 Å². The van der Waals surface area contributed by atoms with Gasteiger partial charge in [-0.2, -0.15) is 5.10 Å². The molecule has 1 heterocycles. The molecule has 2 rings (SSSR count). The van der Waals surface area contributed by atoms with Crippen LogP contribution in [0.1, 0.15) is 27.3 Å². The number of thioether (sulfide) groups is 1. The third-order valence-corrected chi connectivity index (χ3v) is 4.40. The van der Waals surface area contributed by atoms with Crippen LogP contribution in [-0.4, -0.2) is 32.5 Å². The van der Waals surface area contributed by atoms with Gasteiger partial charge in [-0.15, -0.1) is 11.8 Å². The fraction of sp³-hybridized carbons (Fsp3) is 0.312. The number of carbonyl (C=O) groups is 2. The molecule has 0 atom stereocenters. The van der Waals surface area contributed by atoms with E-state index in [4.69, 9.17) is 5.11 Å². The molecule has 23 heavy (non-hydrogen) atoms. The molecular formula is C16H19N3O3S. The van der Waals surface area contributed by atoms with Crippen LogP contribution in [0.5, 0.6) is 0 Å². The lowest BCUT2D eigenvalue weighted by Crippen LogP contribution is -2.14. The first-order chi connectivity index (χ1) is 10.9. The van der Waals surface area contributed by atoms with E-state index in [2.05, 4.69) is 10.4 Å². The number of amides is 1. The number of benzene rings is 1. The number of carbonyl (C=O) groups excluding carboxylic acids is 1. The van der Waals surface area contributed by atoms with Crippen molar-refractivity contribution < 1.29 is 14.7 Å². The van der Waals surface area contributed by atoms with E-state index in [-0.39, 0.29) is 11.7 Å². The van der Waals surface area contributed by atoms with Crippen LogP contribution in [0.4, 0.5) is 5.69 Å². The minimum atomic E-state index is -0.831. The zero-order valence-corrected chi connectivity index (χ0v) is 14.1. The van der Waals surface area contributed by atoms with E-state index in [0.29, 0.717) is 22.7 Å². The summed E-state index contributed by atoms with van der Waals surface area (Å²) in [4.78, 5) is 23.0. The second kappa shape index (κ2) is 7.32. The predicted molar refractivity (Wildman–Crippen MR) is 90.9 cm³/mol. The quantitative estimate of drug-likeness (QED) is 0.849. The van der Waals surface area contributed by atoms with Crippen LogP contribution in [0, 0.1) is 13.8 Å². The maximum Gasteiger partial charge on any atom is 0.313 e. The molecule has 0 aliphatic rings. The highest BCUT2D eigenvalue weighted by molar-refractivity contribution is 7.99. The van der Waals surface area contributed by atoms with E-state index in [1.54, 1.807) is 18.7 Å². The summed E-state index contributed by atoms with van der Waals surface area (Å²) in [5.41, 5.74) is 3.74. The molecule has 1 aromatic carbocycles. The van der Waals surface area contributed by atoms with Crippen molar-refractivity contribution in [1.29, 1.82) is 0 Å². The highest BCUT2D eigenvalue weighted by Crippen LogP contribution is 2.19. The van der Waals surface area contributed by atoms with Crippen molar-refractivity contribution in [1.82, 2.24) is 9.78 Å². The number of carboxylic acid groups (broad SMARTS) is 1. The van der Waals surface area contributed by atoms with Gasteiger partial charge in [-0.05, 0) is 31.5 Å². The van der Waals surface area contributed by atoms with Crippen molar-refractivity contribution in [2.75, 3.05) is 11.1 Å². The largest absolute Gasteiger partial charge is 0.481 e. The minimum Gasteiger partial charge on any atom is -0.481 e. The molecule has 2 N–H and O–H groups in total. The average Bonchev–Trinajstić information content (AvgIpc) is 2.72. The molecule has 0 spiro atoms. The normalized spacial score (nSPS) is 10.6. The summed E-state index contributed by atoms with van der Waals surface area (Å²) in [7, 11) is 1.80. The minimum absolute atomic E-state index is 0.0602. The Morgan fingerprint density at radius 2 is 2.09 bits per heavy atom. The molecule has 0 aliphatic carbocycles. The highest BCUT2D eigenvalue weighted by Gasteiger charge is 2.17. The number of aromatic nitrogens is 2. The second-order valence-electron chi connectivity index (χ2n) is 5.21. The first kappa shape index (κ1) is 17.1. The number of aryl methyl sites for hydroxylation is 2. The lowest BCUT2D eigenvalue weighted by atomic mass is 10.1. The number of hydrogen-bond acceptors (Lipinski definition) is 4. The van der Waals surface area contributed by atoms with Crippen molar-refractivity contribution in [3.05, 3.63) is 46.8 Å². The molecular weight excluding hydrogens is 314 g/mol. The van der Waals surface area contributed by atoms with Gasteiger partial charge in [-0.25, -0.2) is 0 Å². The summed E-state index contributed by atoms with van der Waals surface area (Å²) < 4.78 is 1.68. The monoisotopic (exact) mass is 333 g/mol. The van der Waals surface area contributed by atoms with Gasteiger partial charge in [-0.1, -0.05) is 12.1 Å². The Balaban J connectivity index is 2.08. The summed E-state index contributed by atoms with van der Waals surface area (Å²) >= 11 is 1.32. The fourth-order valence-corrected chi connectivity index (χ4v) is 2.98. The maximum atomic E-state index is 12.4. The molecule has 0 saturated heterocycles. The summed E-state index contributed by atoms with van der Waals surface area (Å²) in [5.74, 6) is -0.378. The molecule has 0 fully saturated rings. The topological polar surface area (TPSA) is 84.2 Å². The van der Waals surface area contributed by atoms with Crippen LogP contribution >= 0.6 is 11.8 Å². The molecule has 0 saturated carbocycles. The van der Waals surface area contributed by atoms with Gasteiger partial charge in [0.2, 0.25) is 0 Å². The van der Waals surface area contributed by atoms with Gasteiger partial charge >= 0.3 is 5.97 Å². The molecule has 0 radical (unpaired) electrons. The number of nitrogens with zero attached hydrogens (tertiary/aromatic N) is 2. The predicted octanol–water partition coefficient (Wildman–Crippen LogP) is 2.61. The Hall–Kier alpha value is -2.28. The molecule has 1 aromatic heterocycles. The zero-order chi connectivity index (χ0) is 17.0. The van der Waals surface area contributed by atoms with Crippen LogP contribution in [0.15, 0.2) is 24.3 Å². The number of aliphatic carboxylic acids is 1. The highest BCUT2D eigenvalue weighted by atomic mass is 32.2. The number of carboxylic acids is 1. The van der Waals surface area contributed by atoms with E-state index >= 15 is 0 Å². The Morgan fingerprint density at radius 3 is 2.70 bits per heavy atom. The smallest absolute Gasteiger partial charge is 0.313 e. The molecule has 7 heteroatoms. The third kappa shape index (κ3) is 4.35. The van der Waals surface area contributed by atoms with Crippen molar-refractivity contribution in [3.63, 3.8) is 0 Å². The standard InChI is InChI=1S/C16H19N3O3S/c1-10-15(11(2)19(3)18-10)16(22)17-13-6-4-5-12(7-13)8-23-9-14(20)21/h4-7H,8-9H2,1-3H3,(H,17,22)(H,20,21). The summed E-state index contributed by atoms with van der Waals surface area (Å²) in [6.07, 6.45) is 0. The number of hydrogen-bond donors (Lipinski definition) is 2. The maximum absolute atomic E-state index is 12.4. The number of anilines is 1. The SMILES string of the molecule is Cc1nn(C)c(C)c1C(=O)Nc1cccc(CSCC(=O)O)c1. The molecule has 6 nitrogen and oxygen atoms in total. The lowest BCUT2D eigenvalue weighted by Gasteiger charge is -2.08. The molecule has 1 amide bonds. The van der Waals surface area contributed by atoms with Crippen molar-refractivity contribution in [2.45, 2.75) is 19.6 Å². The third-order valence-electron chi connectivity index (χ3n) is 3.42. The van der Waals surface area contributed by atoms with Gasteiger partial charge in [0.05, 0.1) is 17.0 Å². The molecule has 2 aromatic rings. The lowest BCUT2D eigenvalue weighted by molar-refractivity contribution is -0.133. The van der Waals surface area contributed by atoms with Crippen molar-refractivity contribution >= 4 is 29.3 Å². The zero-order valence-electron chi connectivity index (χ0n) is 13.3. The van der Waals surface area contributed by atoms with Gasteiger partial charge < -0.3 is 10.4 Å². The van der Waals surface area contributed by atoms with Crippen LogP contribution in [-0.2, 0) is 17.6 Å². The summed E-state index contributed by atoms with van der Waals surface area (Å²) in [6, 6.07) is 7.42. The average molecular weight is 333 g/mol. The van der Waals surface area contributed by atoms with Crippen LogP contribution in [0.25, 0.3) is 0 Å². The molecule has 0 aliphatic heterocycles. The van der Waals surface area contributed by atoms with Crippen LogP contribution in [0.2, 0.25) is 0 Å². The van der Waals surface area contributed by atoms with E-state index < -0.39 is 5.97 Å². The first-order valence-electron chi connectivity index (χ1n) is 7.08. The number of nitrogens with one attached hydrogen (secondary N) is 1. The van der Waals surface area contributed by atoms with Crippen LogP contribution in [0.3, 0.4) is 0 Å². The fourth-order valence-electron chi connectivity index (χ4n) is 2.29. The van der Waals surface area contributed by atoms with E-state index in [1.807, 2.05) is 31.2 Å². The van der Waals surface area contributed by atoms with Gasteiger partial charge in [0.1, 0.15) is 0 Å². The van der Waals surface area contributed by atoms with Gasteiger partial charge in [0.25, 0.3) is 5.91 Å². The summed E-state index contributed by atoms with van der Waals surface area (Å²) in [6.45, 7) is 3.66. The van der Waals surface area contributed by atoms with Gasteiger partial charge in [0.15, 0.2) is 0 Å². The number of rotatable bonds is 6. The van der Waals surface area contributed by atoms with E-state index in [9.17, 15) is 9.59 Å². The van der Waals surface area contributed by atoms with E-state index in [1.165, 1.54) is 11.8 Å². The van der Waals surface area contributed by atoms with E-state index in [0.717, 1.165) is 11.3 Å². The molecule has 0 unspecified atom stereocenters. The van der Waals surface area contributed by atoms with Gasteiger partial charge in [-0.3, -0.25) is 14.3 Å². The van der Waals surface area contributed by atoms with Crippen molar-refractivity contribution in [2.24, 2.45) is 7.05 Å². The molecule has 122 valence electrons. The van der Waals surface area contributed by atoms with Gasteiger partial charge in [0, 0.05) is 24.2 Å². The van der Waals surface area contributed by atoms with Crippen LogP contribution < -0.4 is 5.32 Å². The Bertz CT molecular complexity index is 740. The molecule has 0 bridgehead atoms. The first-order valence-corrected chi connectivity index (χ1v) is 8.24.